The number of nitrogens with one attached hydrogen (secondary N) is 1. The molecule has 4 atom stereocenters. The van der Waals surface area contributed by atoms with Gasteiger partial charge in [0.05, 0.1) is 25.7 Å². The molecule has 4 aromatic rings. The molecule has 1 aliphatic heterocycles. The molecule has 3 aromatic carbocycles. The topological polar surface area (TPSA) is 123 Å². The largest absolute Gasteiger partial charge is 0.496 e. The van der Waals surface area contributed by atoms with Gasteiger partial charge in [-0.25, -0.2) is 4.79 Å². The van der Waals surface area contributed by atoms with E-state index in [0.29, 0.717) is 28.2 Å². The number of aliphatic hydroxyl groups excluding tert-OH is 2. The van der Waals surface area contributed by atoms with E-state index in [-0.39, 0.29) is 6.42 Å². The lowest BCUT2D eigenvalue weighted by molar-refractivity contribution is -0.124. The van der Waals surface area contributed by atoms with Crippen LogP contribution in [0.25, 0.3) is 0 Å². The summed E-state index contributed by atoms with van der Waals surface area (Å²) in [7, 11) is 3.10. The minimum absolute atomic E-state index is 0.149. The summed E-state index contributed by atoms with van der Waals surface area (Å²) >= 11 is 0. The van der Waals surface area contributed by atoms with Gasteiger partial charge in [-0.15, -0.1) is 5.92 Å². The van der Waals surface area contributed by atoms with Crippen molar-refractivity contribution in [2.24, 2.45) is 0 Å². The summed E-state index contributed by atoms with van der Waals surface area (Å²) in [6.07, 6.45) is -2.88. The zero-order valence-corrected chi connectivity index (χ0v) is 23.5. The molecule has 3 N–H and O–H groups in total. The minimum Gasteiger partial charge on any atom is -0.496 e. The fourth-order valence-corrected chi connectivity index (χ4v) is 6.05. The monoisotopic (exact) mass is 568 g/mol. The summed E-state index contributed by atoms with van der Waals surface area (Å²) in [5, 5.41) is 24.3. The van der Waals surface area contributed by atoms with Crippen LogP contribution in [0, 0.1) is 11.8 Å². The number of aromatic nitrogens is 2. The molecule has 0 spiro atoms. The molecule has 216 valence electrons. The molecule has 9 nitrogen and oxygen atoms in total. The van der Waals surface area contributed by atoms with Crippen LogP contribution in [-0.4, -0.2) is 52.3 Å². The third kappa shape index (κ3) is 4.69. The van der Waals surface area contributed by atoms with Crippen molar-refractivity contribution >= 4 is 0 Å². The quantitative estimate of drug-likeness (QED) is 0.221. The highest BCUT2D eigenvalue weighted by molar-refractivity contribution is 5.60. The summed E-state index contributed by atoms with van der Waals surface area (Å²) < 4.78 is 19.3. The van der Waals surface area contributed by atoms with Crippen LogP contribution in [0.4, 0.5) is 0 Å². The molecule has 0 saturated carbocycles. The van der Waals surface area contributed by atoms with Crippen molar-refractivity contribution in [3.05, 3.63) is 129 Å². The van der Waals surface area contributed by atoms with Crippen molar-refractivity contribution in [1.29, 1.82) is 0 Å². The maximum absolute atomic E-state index is 12.9. The smallest absolute Gasteiger partial charge is 0.331 e. The fraction of sp³-hybridized carbons (Fsp3) is 0.273. The number of benzene rings is 3. The van der Waals surface area contributed by atoms with E-state index < -0.39 is 40.7 Å². The Bertz CT molecular complexity index is 1690. The SMILES string of the molecule is CC#C[C@]1(n2ccc(=O)[nH]c2=O)C[C@H](O)[C@@H](C(O)C(c2ccccc2)(c2ccccc2OC)c2ccccc2OC)O1. The maximum Gasteiger partial charge on any atom is 0.331 e. The first-order valence-corrected chi connectivity index (χ1v) is 13.4. The lowest BCUT2D eigenvalue weighted by Gasteiger charge is -2.43. The zero-order valence-electron chi connectivity index (χ0n) is 23.5. The summed E-state index contributed by atoms with van der Waals surface area (Å²) in [5.74, 6) is 6.69. The molecule has 2 heterocycles. The Labute approximate surface area is 243 Å². The molecule has 42 heavy (non-hydrogen) atoms. The van der Waals surface area contributed by atoms with Crippen molar-refractivity contribution in [3.8, 4) is 23.3 Å². The Hall–Kier alpha value is -4.62. The van der Waals surface area contributed by atoms with E-state index in [0.717, 1.165) is 4.57 Å². The second-order valence-electron chi connectivity index (χ2n) is 10.0. The molecule has 1 unspecified atom stereocenters. The first kappa shape index (κ1) is 28.9. The summed E-state index contributed by atoms with van der Waals surface area (Å²) in [4.78, 5) is 26.9. The number of ether oxygens (including phenoxy) is 3. The Kier molecular flexibility index (Phi) is 8.05. The first-order chi connectivity index (χ1) is 20.3. The molecule has 1 aromatic heterocycles. The minimum atomic E-state index is -1.66. The standard InChI is InChI=1S/C33H32N2O7/c1-4-19-32(35-20-18-28(37)34-31(35)39)21-25(36)29(42-32)30(38)33(22-12-6-5-7-13-22,23-14-8-10-16-26(23)40-2)24-15-9-11-17-27(24)41-3/h5-18,20,25,29-30,36,38H,21H2,1-3H3,(H,34,37,39)/t25-,29-,30?,32+/m0/s1. The average Bonchev–Trinajstić information content (AvgIpc) is 3.34. The van der Waals surface area contributed by atoms with Gasteiger partial charge in [-0.1, -0.05) is 66.7 Å². The molecular formula is C33H32N2O7. The van der Waals surface area contributed by atoms with Crippen LogP contribution in [0.3, 0.4) is 0 Å². The van der Waals surface area contributed by atoms with Gasteiger partial charge in [0.15, 0.2) is 0 Å². The predicted molar refractivity (Wildman–Crippen MR) is 157 cm³/mol. The molecular weight excluding hydrogens is 536 g/mol. The van der Waals surface area contributed by atoms with Crippen LogP contribution in [0.15, 0.2) is 101 Å². The zero-order chi connectivity index (χ0) is 29.9. The van der Waals surface area contributed by atoms with Gasteiger partial charge in [-0.05, 0) is 30.5 Å². The summed E-state index contributed by atoms with van der Waals surface area (Å²) in [6.45, 7) is 1.58. The van der Waals surface area contributed by atoms with Crippen molar-refractivity contribution in [1.82, 2.24) is 9.55 Å². The predicted octanol–water partition coefficient (Wildman–Crippen LogP) is 2.78. The van der Waals surface area contributed by atoms with Crippen LogP contribution >= 0.6 is 0 Å². The summed E-state index contributed by atoms with van der Waals surface area (Å²) in [5.41, 5.74) is -2.51. The Balaban J connectivity index is 1.81. The number of methoxy groups -OCH3 is 2. The average molecular weight is 569 g/mol. The van der Waals surface area contributed by atoms with Crippen LogP contribution in [-0.2, 0) is 15.9 Å². The van der Waals surface area contributed by atoms with Gasteiger partial charge < -0.3 is 24.4 Å². The molecule has 0 radical (unpaired) electrons. The number of hydrogen-bond donors (Lipinski definition) is 3. The molecule has 5 rings (SSSR count). The third-order valence-corrected chi connectivity index (χ3v) is 7.78. The molecule has 0 bridgehead atoms. The lowest BCUT2D eigenvalue weighted by Crippen LogP contribution is -2.52. The normalized spacial score (nSPS) is 20.8. The molecule has 1 saturated heterocycles. The Morgan fingerprint density at radius 2 is 1.52 bits per heavy atom. The summed E-state index contributed by atoms with van der Waals surface area (Å²) in [6, 6.07) is 25.2. The van der Waals surface area contributed by atoms with Gasteiger partial charge in [-0.3, -0.25) is 14.3 Å². The second-order valence-corrected chi connectivity index (χ2v) is 10.0. The van der Waals surface area contributed by atoms with Crippen LogP contribution in [0.2, 0.25) is 0 Å². The van der Waals surface area contributed by atoms with Crippen molar-refractivity contribution in [3.63, 3.8) is 0 Å². The van der Waals surface area contributed by atoms with Gasteiger partial charge in [0.25, 0.3) is 5.56 Å². The van der Waals surface area contributed by atoms with Crippen molar-refractivity contribution in [2.75, 3.05) is 14.2 Å². The van der Waals surface area contributed by atoms with Gasteiger partial charge in [0.1, 0.15) is 23.7 Å². The highest BCUT2D eigenvalue weighted by Crippen LogP contribution is 2.52. The van der Waals surface area contributed by atoms with E-state index in [1.165, 1.54) is 12.3 Å². The van der Waals surface area contributed by atoms with Gasteiger partial charge in [-0.2, -0.15) is 0 Å². The molecule has 0 aliphatic carbocycles. The molecule has 1 fully saturated rings. The van der Waals surface area contributed by atoms with Crippen LogP contribution < -0.4 is 20.7 Å². The third-order valence-electron chi connectivity index (χ3n) is 7.78. The molecule has 9 heteroatoms. The number of aromatic amines is 1. The Morgan fingerprint density at radius 1 is 0.952 bits per heavy atom. The van der Waals surface area contributed by atoms with Crippen LogP contribution in [0.5, 0.6) is 11.5 Å². The highest BCUT2D eigenvalue weighted by Gasteiger charge is 2.57. The fourth-order valence-electron chi connectivity index (χ4n) is 6.05. The number of hydrogen-bond acceptors (Lipinski definition) is 7. The Morgan fingerprint density at radius 3 is 2.07 bits per heavy atom. The molecule has 0 amide bonds. The number of nitrogens with zero attached hydrogens (tertiary/aromatic N) is 1. The van der Waals surface area contributed by atoms with E-state index in [1.54, 1.807) is 33.3 Å². The maximum atomic E-state index is 12.9. The van der Waals surface area contributed by atoms with E-state index >= 15 is 0 Å². The number of H-pyrrole nitrogens is 1. The highest BCUT2D eigenvalue weighted by atomic mass is 16.6. The van der Waals surface area contributed by atoms with Crippen molar-refractivity contribution < 1.29 is 24.4 Å². The molecule has 1 aliphatic rings. The number of rotatable bonds is 8. The first-order valence-electron chi connectivity index (χ1n) is 13.4. The van der Waals surface area contributed by atoms with E-state index in [9.17, 15) is 19.8 Å². The van der Waals surface area contributed by atoms with Gasteiger partial charge in [0, 0.05) is 29.8 Å². The lowest BCUT2D eigenvalue weighted by atomic mass is 9.63. The van der Waals surface area contributed by atoms with Gasteiger partial charge >= 0.3 is 5.69 Å². The van der Waals surface area contributed by atoms with Gasteiger partial charge in [0.2, 0.25) is 5.72 Å². The van der Waals surface area contributed by atoms with Crippen LogP contribution in [0.1, 0.15) is 30.0 Å². The van der Waals surface area contributed by atoms with E-state index in [2.05, 4.69) is 16.8 Å². The number of para-hydroxylation sites is 2. The number of aliphatic hydroxyl groups is 2. The van der Waals surface area contributed by atoms with Crippen molar-refractivity contribution in [2.45, 2.75) is 42.8 Å². The second kappa shape index (κ2) is 11.7. The van der Waals surface area contributed by atoms with E-state index in [1.807, 2.05) is 66.7 Å². The van der Waals surface area contributed by atoms with E-state index in [4.69, 9.17) is 14.2 Å².